The van der Waals surface area contributed by atoms with E-state index in [4.69, 9.17) is 4.98 Å². The maximum Gasteiger partial charge on any atom is 0.162 e. The maximum atomic E-state index is 11.7. The number of aromatic nitrogens is 1. The normalized spacial score (nSPS) is 12.2. The Kier molecular flexibility index (Phi) is 16.4. The van der Waals surface area contributed by atoms with Gasteiger partial charge in [0.25, 0.3) is 0 Å². The van der Waals surface area contributed by atoms with E-state index < -0.39 is 8.07 Å². The molecule has 0 bridgehead atoms. The van der Waals surface area contributed by atoms with Crippen molar-refractivity contribution in [3.8, 4) is 11.3 Å². The molecule has 0 atom stereocenters. The Morgan fingerprint density at radius 2 is 1.40 bits per heavy atom. The Hall–Kier alpha value is -2.59. The van der Waals surface area contributed by atoms with Crippen LogP contribution in [0.25, 0.3) is 32.8 Å². The zero-order chi connectivity index (χ0) is 34.9. The molecule has 1 heterocycles. The molecule has 0 saturated heterocycles. The Bertz CT molecular complexity index is 1630. The molecule has 3 aromatic carbocycles. The standard InChI is InChI=1S/C30H36NSi.C13H24O2.Ir/c1-20(2)14-22-16-23(15-21(3)4)18-25(17-22)30-28-11-9-24-8-10-26(32(5,6)7)19-29(24)27(28)12-13-31-30;1-5-10(6-2)12(14)9-13(15)11(7-3)8-4;/h8-13,16-17,19-21H,14-15H2,1-7H3;9-11,14H,5-8H2,1-4H3;/q-1;;/b;12-9-;. The van der Waals surface area contributed by atoms with Gasteiger partial charge in [-0.15, -0.1) is 34.9 Å². The van der Waals surface area contributed by atoms with Crippen LogP contribution in [-0.2, 0) is 37.7 Å². The van der Waals surface area contributed by atoms with Gasteiger partial charge in [0.15, 0.2) is 5.78 Å². The molecule has 1 N–H and O–H groups in total. The van der Waals surface area contributed by atoms with Crippen molar-refractivity contribution in [2.75, 3.05) is 0 Å². The fraction of sp³-hybridized carbons (Fsp3) is 0.488. The first-order chi connectivity index (χ1) is 22.2. The summed E-state index contributed by atoms with van der Waals surface area (Å²) < 4.78 is 0. The van der Waals surface area contributed by atoms with E-state index in [0.717, 1.165) is 49.8 Å². The van der Waals surface area contributed by atoms with Gasteiger partial charge in [0.1, 0.15) is 0 Å². The zero-order valence-corrected chi connectivity index (χ0v) is 34.9. The van der Waals surface area contributed by atoms with E-state index in [-0.39, 0.29) is 43.5 Å². The van der Waals surface area contributed by atoms with Gasteiger partial charge >= 0.3 is 0 Å². The van der Waals surface area contributed by atoms with Crippen molar-refractivity contribution in [3.63, 3.8) is 0 Å². The zero-order valence-electron chi connectivity index (χ0n) is 31.5. The van der Waals surface area contributed by atoms with Crippen LogP contribution in [0.3, 0.4) is 0 Å². The van der Waals surface area contributed by atoms with Crippen LogP contribution >= 0.6 is 0 Å². The molecule has 0 spiro atoms. The topological polar surface area (TPSA) is 50.2 Å². The van der Waals surface area contributed by atoms with Gasteiger partial charge in [-0.25, -0.2) is 0 Å². The Morgan fingerprint density at radius 1 is 0.792 bits per heavy atom. The van der Waals surface area contributed by atoms with E-state index in [1.807, 2.05) is 33.9 Å². The summed E-state index contributed by atoms with van der Waals surface area (Å²) in [5.74, 6) is 1.78. The molecule has 0 aliphatic carbocycles. The number of nitrogens with zero attached hydrogens (tertiary/aromatic N) is 1. The molecular weight excluding hydrogens is 783 g/mol. The average molecular weight is 843 g/mol. The van der Waals surface area contributed by atoms with Gasteiger partial charge in [-0.2, -0.15) is 0 Å². The third kappa shape index (κ3) is 11.2. The first kappa shape index (κ1) is 41.6. The number of aliphatic hydroxyl groups excluding tert-OH is 1. The van der Waals surface area contributed by atoms with E-state index in [9.17, 15) is 9.90 Å². The molecular formula is C43H60IrNO2Si-. The molecule has 4 rings (SSSR count). The van der Waals surface area contributed by atoms with Gasteiger partial charge in [0, 0.05) is 44.2 Å². The van der Waals surface area contributed by atoms with Gasteiger partial charge in [-0.1, -0.05) is 111 Å². The van der Waals surface area contributed by atoms with Crippen LogP contribution in [0.4, 0.5) is 0 Å². The SMILES string of the molecule is CC(C)Cc1[c-]c(-c2nccc3c2ccc2ccc([Si](C)(C)C)cc23)cc(CC(C)C)c1.CCC(CC)C(=O)/C=C(\O)C(CC)CC.[Ir]. The minimum atomic E-state index is -1.38. The van der Waals surface area contributed by atoms with Gasteiger partial charge in [-0.05, 0) is 83.7 Å². The molecule has 4 aromatic rings. The van der Waals surface area contributed by atoms with Crippen LogP contribution in [0.2, 0.25) is 19.6 Å². The molecule has 0 fully saturated rings. The molecule has 0 amide bonds. The summed E-state index contributed by atoms with van der Waals surface area (Å²) in [7, 11) is -1.38. The predicted molar refractivity (Wildman–Crippen MR) is 207 cm³/mol. The minimum Gasteiger partial charge on any atom is -0.512 e. The first-order valence-electron chi connectivity index (χ1n) is 18.0. The number of aliphatic hydroxyl groups is 1. The van der Waals surface area contributed by atoms with E-state index in [2.05, 4.69) is 102 Å². The van der Waals surface area contributed by atoms with E-state index in [0.29, 0.717) is 11.8 Å². The number of carbonyl (C=O) groups is 1. The van der Waals surface area contributed by atoms with Crippen molar-refractivity contribution >= 4 is 40.6 Å². The number of ketones is 1. The largest absolute Gasteiger partial charge is 0.512 e. The Balaban J connectivity index is 0.000000427. The third-order valence-corrected chi connectivity index (χ3v) is 11.3. The monoisotopic (exact) mass is 843 g/mol. The van der Waals surface area contributed by atoms with Crippen molar-refractivity contribution in [1.82, 2.24) is 4.98 Å². The second kappa shape index (κ2) is 19.0. The molecule has 48 heavy (non-hydrogen) atoms. The number of carbonyl (C=O) groups excluding carboxylic acids is 1. The molecule has 1 radical (unpaired) electrons. The van der Waals surface area contributed by atoms with Crippen LogP contribution in [0, 0.1) is 29.7 Å². The van der Waals surface area contributed by atoms with Gasteiger partial charge in [0.05, 0.1) is 13.8 Å². The van der Waals surface area contributed by atoms with E-state index in [1.165, 1.54) is 43.9 Å². The molecule has 3 nitrogen and oxygen atoms in total. The summed E-state index contributed by atoms with van der Waals surface area (Å²) >= 11 is 0. The van der Waals surface area contributed by atoms with Crippen molar-refractivity contribution in [2.45, 2.75) is 114 Å². The van der Waals surface area contributed by atoms with E-state index >= 15 is 0 Å². The number of benzene rings is 3. The van der Waals surface area contributed by atoms with Crippen molar-refractivity contribution < 1.29 is 30.0 Å². The Morgan fingerprint density at radius 3 is 1.96 bits per heavy atom. The average Bonchev–Trinajstić information content (AvgIpc) is 3.00. The van der Waals surface area contributed by atoms with Crippen LogP contribution < -0.4 is 5.19 Å². The number of fused-ring (bicyclic) bond motifs is 3. The van der Waals surface area contributed by atoms with Crippen LogP contribution in [0.1, 0.15) is 92.2 Å². The summed E-state index contributed by atoms with van der Waals surface area (Å²) in [6.07, 6.45) is 9.01. The number of pyridine rings is 1. The van der Waals surface area contributed by atoms with Crippen molar-refractivity contribution in [2.24, 2.45) is 23.7 Å². The quantitative estimate of drug-likeness (QED) is 0.0480. The van der Waals surface area contributed by atoms with Gasteiger partial charge in [-0.3, -0.25) is 4.79 Å². The second-order valence-electron chi connectivity index (χ2n) is 15.1. The maximum absolute atomic E-state index is 11.7. The summed E-state index contributed by atoms with van der Waals surface area (Å²) in [6, 6.07) is 22.1. The van der Waals surface area contributed by atoms with E-state index in [1.54, 1.807) is 0 Å². The molecule has 0 aliphatic heterocycles. The van der Waals surface area contributed by atoms with Crippen molar-refractivity contribution in [1.29, 1.82) is 0 Å². The molecule has 0 saturated carbocycles. The van der Waals surface area contributed by atoms with Crippen LogP contribution in [0.15, 0.2) is 66.6 Å². The fourth-order valence-electron chi connectivity index (χ4n) is 6.41. The number of hydrogen-bond acceptors (Lipinski definition) is 3. The molecule has 263 valence electrons. The summed E-state index contributed by atoms with van der Waals surface area (Å²) in [5, 5.41) is 16.4. The van der Waals surface area contributed by atoms with Crippen LogP contribution in [-0.4, -0.2) is 23.9 Å². The first-order valence-corrected chi connectivity index (χ1v) is 21.5. The summed E-state index contributed by atoms with van der Waals surface area (Å²) in [6.45, 7) is 24.4. The molecule has 0 aliphatic rings. The second-order valence-corrected chi connectivity index (χ2v) is 20.2. The minimum absolute atomic E-state index is 0. The predicted octanol–water partition coefficient (Wildman–Crippen LogP) is 11.7. The van der Waals surface area contributed by atoms with Gasteiger partial charge in [0.2, 0.25) is 0 Å². The van der Waals surface area contributed by atoms with Crippen LogP contribution in [0.5, 0.6) is 0 Å². The third-order valence-electron chi connectivity index (χ3n) is 9.22. The number of allylic oxidation sites excluding steroid dienone is 2. The van der Waals surface area contributed by atoms with Gasteiger partial charge < -0.3 is 10.1 Å². The fourth-order valence-corrected chi connectivity index (χ4v) is 7.57. The number of hydrogen-bond donors (Lipinski definition) is 1. The number of rotatable bonds is 13. The molecule has 0 unspecified atom stereocenters. The summed E-state index contributed by atoms with van der Waals surface area (Å²) in [5.41, 5.74) is 4.88. The van der Waals surface area contributed by atoms with Crippen molar-refractivity contribution in [3.05, 3.63) is 83.8 Å². The Labute approximate surface area is 306 Å². The molecule has 5 heteroatoms. The smallest absolute Gasteiger partial charge is 0.162 e. The summed E-state index contributed by atoms with van der Waals surface area (Å²) in [4.78, 5) is 16.6. The molecule has 1 aromatic heterocycles.